The lowest BCUT2D eigenvalue weighted by molar-refractivity contribution is 0.0920. The molecule has 3 rings (SSSR count). The van der Waals surface area contributed by atoms with Crippen molar-refractivity contribution in [3.8, 4) is 0 Å². The average Bonchev–Trinajstić information content (AvgIpc) is 3.19. The molecule has 1 amide bonds. The van der Waals surface area contributed by atoms with Crippen LogP contribution in [0.2, 0.25) is 0 Å². The first-order valence-corrected chi connectivity index (χ1v) is 6.15. The van der Waals surface area contributed by atoms with Crippen LogP contribution in [0.25, 0.3) is 10.8 Å². The van der Waals surface area contributed by atoms with Gasteiger partial charge in [-0.25, -0.2) is 9.18 Å². The minimum Gasteiger partial charge on any atom is -0.417 e. The first-order chi connectivity index (χ1) is 9.13. The molecule has 1 saturated carbocycles. The van der Waals surface area contributed by atoms with Gasteiger partial charge in [0.1, 0.15) is 5.82 Å². The second kappa shape index (κ2) is 4.50. The van der Waals surface area contributed by atoms with Crippen molar-refractivity contribution in [1.82, 2.24) is 5.32 Å². The molecule has 0 saturated heterocycles. The summed E-state index contributed by atoms with van der Waals surface area (Å²) in [7, 11) is 0. The Balaban J connectivity index is 1.94. The molecule has 0 bridgehead atoms. The maximum Gasteiger partial charge on any atom is 0.344 e. The molecule has 1 aliphatic carbocycles. The molecule has 4 nitrogen and oxygen atoms in total. The monoisotopic (exact) mass is 261 g/mol. The fraction of sp³-hybridized carbons (Fsp3) is 0.286. The zero-order valence-corrected chi connectivity index (χ0v) is 10.1. The van der Waals surface area contributed by atoms with E-state index in [1.54, 1.807) is 0 Å². The van der Waals surface area contributed by atoms with E-state index in [0.29, 0.717) is 17.8 Å². The van der Waals surface area contributed by atoms with Gasteiger partial charge in [-0.2, -0.15) is 0 Å². The number of benzene rings is 1. The quantitative estimate of drug-likeness (QED) is 0.920. The molecular formula is C14H12FNO3. The van der Waals surface area contributed by atoms with E-state index in [9.17, 15) is 14.0 Å². The van der Waals surface area contributed by atoms with Gasteiger partial charge in [-0.3, -0.25) is 4.79 Å². The lowest BCUT2D eigenvalue weighted by atomic mass is 10.1. The molecule has 1 heterocycles. The van der Waals surface area contributed by atoms with Gasteiger partial charge in [-0.1, -0.05) is 0 Å². The van der Waals surface area contributed by atoms with Crippen molar-refractivity contribution in [2.75, 3.05) is 6.54 Å². The molecule has 1 aromatic carbocycles. The van der Waals surface area contributed by atoms with Crippen molar-refractivity contribution in [3.05, 3.63) is 46.3 Å². The largest absolute Gasteiger partial charge is 0.417 e. The minimum absolute atomic E-state index is 0.0799. The fourth-order valence-electron chi connectivity index (χ4n) is 1.92. The lowest BCUT2D eigenvalue weighted by Gasteiger charge is -2.04. The molecule has 0 unspecified atom stereocenters. The number of carbonyl (C=O) groups is 1. The highest BCUT2D eigenvalue weighted by atomic mass is 19.1. The Morgan fingerprint density at radius 1 is 1.37 bits per heavy atom. The van der Waals surface area contributed by atoms with E-state index < -0.39 is 17.3 Å². The zero-order chi connectivity index (χ0) is 13.4. The molecule has 0 aliphatic heterocycles. The Kier molecular flexibility index (Phi) is 2.81. The smallest absolute Gasteiger partial charge is 0.344 e. The van der Waals surface area contributed by atoms with Gasteiger partial charge in [0.05, 0.1) is 5.39 Å². The number of nitrogens with one attached hydrogen (secondary N) is 1. The Hall–Kier alpha value is -2.17. The van der Waals surface area contributed by atoms with Gasteiger partial charge >= 0.3 is 5.63 Å². The summed E-state index contributed by atoms with van der Waals surface area (Å²) < 4.78 is 18.1. The Morgan fingerprint density at radius 2 is 2.16 bits per heavy atom. The summed E-state index contributed by atoms with van der Waals surface area (Å²) in [6.45, 7) is 0.587. The number of carbonyl (C=O) groups excluding carboxylic acids is 1. The van der Waals surface area contributed by atoms with Crippen molar-refractivity contribution in [1.29, 1.82) is 0 Å². The van der Waals surface area contributed by atoms with Crippen LogP contribution in [-0.4, -0.2) is 12.5 Å². The number of rotatable bonds is 3. The van der Waals surface area contributed by atoms with Crippen molar-refractivity contribution < 1.29 is 13.6 Å². The fourth-order valence-corrected chi connectivity index (χ4v) is 1.92. The van der Waals surface area contributed by atoms with Gasteiger partial charge in [-0.15, -0.1) is 0 Å². The molecule has 98 valence electrons. The van der Waals surface area contributed by atoms with Crippen LogP contribution < -0.4 is 10.9 Å². The van der Waals surface area contributed by atoms with Crippen LogP contribution in [0, 0.1) is 11.7 Å². The van der Waals surface area contributed by atoms with Crippen LogP contribution in [-0.2, 0) is 0 Å². The molecule has 1 N–H and O–H groups in total. The molecular weight excluding hydrogens is 249 g/mol. The molecule has 0 spiro atoms. The van der Waals surface area contributed by atoms with E-state index >= 15 is 0 Å². The molecule has 0 atom stereocenters. The van der Waals surface area contributed by atoms with E-state index in [0.717, 1.165) is 12.8 Å². The number of hydrogen-bond donors (Lipinski definition) is 1. The highest BCUT2D eigenvalue weighted by Gasteiger charge is 2.22. The van der Waals surface area contributed by atoms with Gasteiger partial charge in [0.25, 0.3) is 5.91 Å². The SMILES string of the molecule is O=C(NCC1CC1)c1cc2cc(F)ccc2c(=O)o1. The highest BCUT2D eigenvalue weighted by molar-refractivity contribution is 5.95. The predicted octanol–water partition coefficient (Wildman–Crippen LogP) is 2.07. The molecule has 1 aromatic heterocycles. The summed E-state index contributed by atoms with van der Waals surface area (Å²) >= 11 is 0. The minimum atomic E-state index is -0.630. The maximum absolute atomic E-state index is 13.1. The highest BCUT2D eigenvalue weighted by Crippen LogP contribution is 2.27. The maximum atomic E-state index is 13.1. The molecule has 0 radical (unpaired) electrons. The number of fused-ring (bicyclic) bond motifs is 1. The number of hydrogen-bond acceptors (Lipinski definition) is 3. The van der Waals surface area contributed by atoms with Crippen LogP contribution >= 0.6 is 0 Å². The van der Waals surface area contributed by atoms with Gasteiger partial charge < -0.3 is 9.73 Å². The summed E-state index contributed by atoms with van der Waals surface area (Å²) in [5.41, 5.74) is -0.630. The standard InChI is InChI=1S/C14H12FNO3/c15-10-3-4-11-9(5-10)6-12(19-14(11)18)13(17)16-7-8-1-2-8/h3-6,8H,1-2,7H2,(H,16,17). The average molecular weight is 261 g/mol. The molecule has 1 fully saturated rings. The van der Waals surface area contributed by atoms with Crippen LogP contribution in [0.3, 0.4) is 0 Å². The van der Waals surface area contributed by atoms with E-state index in [2.05, 4.69) is 5.32 Å². The Bertz CT molecular complexity index is 703. The molecule has 5 heteroatoms. The Labute approximate surface area is 108 Å². The predicted molar refractivity (Wildman–Crippen MR) is 67.5 cm³/mol. The van der Waals surface area contributed by atoms with Crippen LogP contribution in [0.1, 0.15) is 23.4 Å². The second-order valence-electron chi connectivity index (χ2n) is 4.78. The van der Waals surface area contributed by atoms with Crippen molar-refractivity contribution in [2.45, 2.75) is 12.8 Å². The van der Waals surface area contributed by atoms with Crippen LogP contribution in [0.15, 0.2) is 33.5 Å². The summed E-state index contributed by atoms with van der Waals surface area (Å²) in [4.78, 5) is 23.5. The van der Waals surface area contributed by atoms with Crippen molar-refractivity contribution >= 4 is 16.7 Å². The third kappa shape index (κ3) is 2.50. The normalized spacial score (nSPS) is 14.6. The van der Waals surface area contributed by atoms with E-state index in [-0.39, 0.29) is 11.1 Å². The third-order valence-electron chi connectivity index (χ3n) is 3.19. The zero-order valence-electron chi connectivity index (χ0n) is 10.1. The van der Waals surface area contributed by atoms with E-state index in [1.807, 2.05) is 0 Å². The molecule has 1 aliphatic rings. The first kappa shape index (κ1) is 11.9. The lowest BCUT2D eigenvalue weighted by Crippen LogP contribution is -2.26. The van der Waals surface area contributed by atoms with E-state index in [4.69, 9.17) is 4.42 Å². The van der Waals surface area contributed by atoms with Crippen molar-refractivity contribution in [3.63, 3.8) is 0 Å². The van der Waals surface area contributed by atoms with E-state index in [1.165, 1.54) is 24.3 Å². The number of halogens is 1. The summed E-state index contributed by atoms with van der Waals surface area (Å²) in [5, 5.41) is 3.33. The number of amides is 1. The second-order valence-corrected chi connectivity index (χ2v) is 4.78. The molecule has 2 aromatic rings. The Morgan fingerprint density at radius 3 is 2.89 bits per heavy atom. The van der Waals surface area contributed by atoms with Gasteiger partial charge in [0.15, 0.2) is 5.76 Å². The topological polar surface area (TPSA) is 59.3 Å². The third-order valence-corrected chi connectivity index (χ3v) is 3.19. The van der Waals surface area contributed by atoms with Gasteiger partial charge in [0, 0.05) is 6.54 Å². The molecule has 19 heavy (non-hydrogen) atoms. The van der Waals surface area contributed by atoms with Gasteiger partial charge in [0.2, 0.25) is 0 Å². The van der Waals surface area contributed by atoms with Gasteiger partial charge in [-0.05, 0) is 48.4 Å². The summed E-state index contributed by atoms with van der Waals surface area (Å²) in [6, 6.07) is 5.14. The van der Waals surface area contributed by atoms with Crippen LogP contribution in [0.4, 0.5) is 4.39 Å². The van der Waals surface area contributed by atoms with Crippen LogP contribution in [0.5, 0.6) is 0 Å². The van der Waals surface area contributed by atoms with Crippen molar-refractivity contribution in [2.24, 2.45) is 5.92 Å². The first-order valence-electron chi connectivity index (χ1n) is 6.15. The summed E-state index contributed by atoms with van der Waals surface area (Å²) in [6.07, 6.45) is 2.24. The summed E-state index contributed by atoms with van der Waals surface area (Å²) in [5.74, 6) is -0.435.